The van der Waals surface area contributed by atoms with Gasteiger partial charge in [0.1, 0.15) is 42.2 Å². The Hall–Kier alpha value is -2.99. The van der Waals surface area contributed by atoms with Crippen LogP contribution in [0.5, 0.6) is 0 Å². The SMILES string of the molecule is CCCCCCCCCCCCCCCCCCCOC[C@H](COP(=O)(O)OC[C@]1(N)CC[C@H](c2ccc3c(N)ncnn23)O1)OCc1cc(F)cc(C#N)c1. The van der Waals surface area contributed by atoms with Gasteiger partial charge in [0, 0.05) is 6.61 Å². The number of phosphoric ester groups is 1. The van der Waals surface area contributed by atoms with Crippen LogP contribution in [0, 0.1) is 17.1 Å². The molecule has 1 saturated heterocycles. The van der Waals surface area contributed by atoms with Crippen molar-refractivity contribution in [1.29, 1.82) is 5.26 Å². The van der Waals surface area contributed by atoms with E-state index in [0.29, 0.717) is 36.3 Å². The second-order valence-electron chi connectivity index (χ2n) is 15.1. The molecule has 2 aromatic heterocycles. The zero-order valence-corrected chi connectivity index (χ0v) is 34.1. The van der Waals surface area contributed by atoms with Crippen LogP contribution in [0.25, 0.3) is 5.52 Å². The molecule has 312 valence electrons. The van der Waals surface area contributed by atoms with Crippen LogP contribution in [0.3, 0.4) is 0 Å². The van der Waals surface area contributed by atoms with Crippen molar-refractivity contribution in [2.75, 3.05) is 32.2 Å². The van der Waals surface area contributed by atoms with E-state index in [9.17, 15) is 19.1 Å². The fourth-order valence-electron chi connectivity index (χ4n) is 7.01. The van der Waals surface area contributed by atoms with Crippen molar-refractivity contribution in [3.05, 3.63) is 59.3 Å². The zero-order chi connectivity index (χ0) is 40.1. The number of hydrogen-bond donors (Lipinski definition) is 3. The van der Waals surface area contributed by atoms with Gasteiger partial charge in [0.25, 0.3) is 0 Å². The first-order chi connectivity index (χ1) is 27.1. The maximum Gasteiger partial charge on any atom is 0.472 e. The number of ether oxygens (including phenoxy) is 3. The predicted molar refractivity (Wildman–Crippen MR) is 214 cm³/mol. The van der Waals surface area contributed by atoms with Crippen molar-refractivity contribution in [2.24, 2.45) is 5.73 Å². The van der Waals surface area contributed by atoms with E-state index in [2.05, 4.69) is 17.0 Å². The molecule has 1 aliphatic rings. The van der Waals surface area contributed by atoms with Gasteiger partial charge in [-0.15, -0.1) is 0 Å². The van der Waals surface area contributed by atoms with Gasteiger partial charge in [-0.05, 0) is 55.2 Å². The van der Waals surface area contributed by atoms with Gasteiger partial charge in [-0.25, -0.2) is 18.5 Å². The number of unbranched alkanes of at least 4 members (excludes halogenated alkanes) is 16. The van der Waals surface area contributed by atoms with Crippen LogP contribution in [0.4, 0.5) is 10.2 Å². The summed E-state index contributed by atoms with van der Waals surface area (Å²) in [5.74, 6) is -0.232. The van der Waals surface area contributed by atoms with Crippen molar-refractivity contribution < 1.29 is 37.1 Å². The van der Waals surface area contributed by atoms with Crippen molar-refractivity contribution in [3.63, 3.8) is 0 Å². The summed E-state index contributed by atoms with van der Waals surface area (Å²) in [4.78, 5) is 14.6. The maximum atomic E-state index is 14.0. The summed E-state index contributed by atoms with van der Waals surface area (Å²) < 4.78 is 57.2. The summed E-state index contributed by atoms with van der Waals surface area (Å²) in [6.45, 7) is 2.02. The molecule has 0 radical (unpaired) electrons. The Labute approximate surface area is 332 Å². The molecule has 0 spiro atoms. The molecule has 3 heterocycles. The summed E-state index contributed by atoms with van der Waals surface area (Å²) in [5.41, 5.74) is 13.0. The standard InChI is InChI=1S/C41H64FN6O7P/c1-2-3-4-5-6-7-8-9-10-11-12-13-14-15-16-17-18-23-51-29-36(52-28-34-24-33(27-43)25-35(42)26-34)30-53-56(49,50)54-31-41(45)22-21-39(55-41)37-19-20-38-40(44)46-32-47-48(37)38/h19-20,24-26,32,36,39H,2-18,21-23,28-31,45H2,1H3,(H,49,50)(H2,44,46,47)/t36-,39-,41+/m1/s1. The number of halogens is 1. The number of rotatable bonds is 30. The molecular weight excluding hydrogens is 738 g/mol. The van der Waals surface area contributed by atoms with Crippen LogP contribution < -0.4 is 11.5 Å². The van der Waals surface area contributed by atoms with E-state index in [-0.39, 0.29) is 25.4 Å². The Balaban J connectivity index is 1.13. The molecule has 15 heteroatoms. The first-order valence-electron chi connectivity index (χ1n) is 20.7. The minimum absolute atomic E-state index is 0.0638. The highest BCUT2D eigenvalue weighted by atomic mass is 31.2. The summed E-state index contributed by atoms with van der Waals surface area (Å²) in [5, 5.41) is 13.5. The number of fused-ring (bicyclic) bond motifs is 1. The molecule has 0 bridgehead atoms. The first-order valence-corrected chi connectivity index (χ1v) is 22.2. The molecule has 13 nitrogen and oxygen atoms in total. The molecular formula is C41H64FN6O7P. The maximum absolute atomic E-state index is 14.0. The Morgan fingerprint density at radius 1 is 0.982 bits per heavy atom. The number of nitrogen functional groups attached to an aromatic ring is 1. The lowest BCUT2D eigenvalue weighted by molar-refractivity contribution is -0.0771. The fourth-order valence-corrected chi connectivity index (χ4v) is 7.82. The van der Waals surface area contributed by atoms with Gasteiger partial charge < -0.3 is 30.6 Å². The quantitative estimate of drug-likeness (QED) is 0.0429. The third-order valence-corrected chi connectivity index (χ3v) is 11.1. The van der Waals surface area contributed by atoms with Gasteiger partial charge in [0.05, 0.1) is 37.1 Å². The molecule has 3 aromatic rings. The number of benzene rings is 1. The topological polar surface area (TPSA) is 189 Å². The normalized spacial score (nSPS) is 18.7. The number of nitrogens with zero attached hydrogens (tertiary/aromatic N) is 4. The van der Waals surface area contributed by atoms with E-state index in [1.807, 2.05) is 12.1 Å². The monoisotopic (exact) mass is 802 g/mol. The minimum atomic E-state index is -4.60. The van der Waals surface area contributed by atoms with E-state index >= 15 is 0 Å². The predicted octanol–water partition coefficient (Wildman–Crippen LogP) is 9.22. The Kier molecular flexibility index (Phi) is 20.2. The van der Waals surface area contributed by atoms with E-state index < -0.39 is 38.2 Å². The average molecular weight is 803 g/mol. The summed E-state index contributed by atoms with van der Waals surface area (Å²) >= 11 is 0. The minimum Gasteiger partial charge on any atom is -0.382 e. The van der Waals surface area contributed by atoms with Crippen LogP contribution in [0.1, 0.15) is 152 Å². The van der Waals surface area contributed by atoms with Gasteiger partial charge in [0.2, 0.25) is 0 Å². The second kappa shape index (κ2) is 24.7. The number of nitrogens with two attached hydrogens (primary N) is 2. The van der Waals surface area contributed by atoms with E-state index in [1.165, 1.54) is 108 Å². The zero-order valence-electron chi connectivity index (χ0n) is 33.3. The van der Waals surface area contributed by atoms with Gasteiger partial charge in [-0.3, -0.25) is 9.05 Å². The Morgan fingerprint density at radius 2 is 1.62 bits per heavy atom. The third kappa shape index (κ3) is 16.5. The molecule has 1 aromatic carbocycles. The first kappa shape index (κ1) is 45.7. The van der Waals surface area contributed by atoms with Gasteiger partial charge >= 0.3 is 7.82 Å². The van der Waals surface area contributed by atoms with E-state index in [4.69, 9.17) is 34.7 Å². The molecule has 4 rings (SSSR count). The van der Waals surface area contributed by atoms with E-state index in [0.717, 1.165) is 31.0 Å². The van der Waals surface area contributed by atoms with Gasteiger partial charge in [-0.1, -0.05) is 110 Å². The Bertz CT molecular complexity index is 1670. The molecule has 5 N–H and O–H groups in total. The summed E-state index contributed by atoms with van der Waals surface area (Å²) in [6, 6.07) is 9.47. The Morgan fingerprint density at radius 3 is 2.27 bits per heavy atom. The highest BCUT2D eigenvalue weighted by molar-refractivity contribution is 7.47. The molecule has 0 saturated carbocycles. The van der Waals surface area contributed by atoms with Crippen LogP contribution in [0.2, 0.25) is 0 Å². The number of aromatic nitrogens is 3. The van der Waals surface area contributed by atoms with Crippen molar-refractivity contribution in [1.82, 2.24) is 14.6 Å². The van der Waals surface area contributed by atoms with Crippen molar-refractivity contribution in [2.45, 2.75) is 153 Å². The molecule has 1 fully saturated rings. The average Bonchev–Trinajstić information content (AvgIpc) is 3.80. The number of phosphoric acid groups is 1. The largest absolute Gasteiger partial charge is 0.472 e. The highest BCUT2D eigenvalue weighted by Crippen LogP contribution is 2.46. The lowest BCUT2D eigenvalue weighted by atomic mass is 10.0. The molecule has 1 unspecified atom stereocenters. The summed E-state index contributed by atoms with van der Waals surface area (Å²) in [7, 11) is -4.60. The third-order valence-electron chi connectivity index (χ3n) is 10.2. The van der Waals surface area contributed by atoms with Crippen LogP contribution in [-0.4, -0.2) is 57.7 Å². The second-order valence-corrected chi connectivity index (χ2v) is 16.5. The number of anilines is 1. The van der Waals surface area contributed by atoms with Crippen LogP contribution >= 0.6 is 7.82 Å². The fraction of sp³-hybridized carbons (Fsp3) is 0.683. The van der Waals surface area contributed by atoms with E-state index in [1.54, 1.807) is 10.6 Å². The van der Waals surface area contributed by atoms with Crippen molar-refractivity contribution in [3.8, 4) is 6.07 Å². The molecule has 56 heavy (non-hydrogen) atoms. The lowest BCUT2D eigenvalue weighted by Crippen LogP contribution is -2.43. The van der Waals surface area contributed by atoms with Crippen molar-refractivity contribution >= 4 is 19.2 Å². The van der Waals surface area contributed by atoms with Gasteiger partial charge in [-0.2, -0.15) is 10.4 Å². The number of nitriles is 1. The van der Waals surface area contributed by atoms with Crippen LogP contribution in [-0.2, 0) is 34.4 Å². The number of hydrogen-bond acceptors (Lipinski definition) is 11. The molecule has 0 aliphatic carbocycles. The smallest absolute Gasteiger partial charge is 0.382 e. The van der Waals surface area contributed by atoms with Gasteiger partial charge in [0.15, 0.2) is 5.82 Å². The highest BCUT2D eigenvalue weighted by Gasteiger charge is 2.41. The molecule has 1 aliphatic heterocycles. The molecule has 0 amide bonds. The summed E-state index contributed by atoms with van der Waals surface area (Å²) in [6.07, 6.45) is 22.9. The van der Waals surface area contributed by atoms with Crippen LogP contribution in [0.15, 0.2) is 36.7 Å². The molecule has 4 atom stereocenters. The lowest BCUT2D eigenvalue weighted by Gasteiger charge is -2.26.